The zero-order valence-electron chi connectivity index (χ0n) is 10.9. The molecule has 2 nitrogen and oxygen atoms in total. The fourth-order valence-electron chi connectivity index (χ4n) is 2.60. The van der Waals surface area contributed by atoms with Crippen LogP contribution in [0.4, 0.5) is 18.9 Å². The first-order chi connectivity index (χ1) is 8.91. The molecule has 1 saturated heterocycles. The largest absolute Gasteiger partial charge is 0.392 e. The molecule has 2 rings (SSSR count). The molecular weight excluding hydrogens is 255 g/mol. The van der Waals surface area contributed by atoms with E-state index >= 15 is 0 Å². The van der Waals surface area contributed by atoms with Gasteiger partial charge in [-0.2, -0.15) is 13.2 Å². The number of aryl methyl sites for hydroxylation is 1. The van der Waals surface area contributed by atoms with Gasteiger partial charge in [-0.15, -0.1) is 0 Å². The van der Waals surface area contributed by atoms with Crippen molar-refractivity contribution in [2.24, 2.45) is 5.92 Å². The standard InChI is InChI=1S/C14H18F3NO/c1-10-2-3-13(11(8-10)9-19)18-6-4-12(5-7-18)14(15,16)17/h2-3,8,12,19H,4-7,9H2,1H3. The average Bonchev–Trinajstić information content (AvgIpc) is 2.37. The lowest BCUT2D eigenvalue weighted by molar-refractivity contribution is -0.179. The number of benzene rings is 1. The van der Waals surface area contributed by atoms with Gasteiger partial charge < -0.3 is 10.0 Å². The summed E-state index contributed by atoms with van der Waals surface area (Å²) in [7, 11) is 0. The maximum absolute atomic E-state index is 12.6. The monoisotopic (exact) mass is 273 g/mol. The summed E-state index contributed by atoms with van der Waals surface area (Å²) < 4.78 is 37.8. The molecule has 1 aromatic carbocycles. The smallest absolute Gasteiger partial charge is 0.391 e. The van der Waals surface area contributed by atoms with Gasteiger partial charge in [0.1, 0.15) is 0 Å². The van der Waals surface area contributed by atoms with Crippen LogP contribution in [0.3, 0.4) is 0 Å². The summed E-state index contributed by atoms with van der Waals surface area (Å²) in [4.78, 5) is 1.94. The van der Waals surface area contributed by atoms with Gasteiger partial charge in [0.2, 0.25) is 0 Å². The Labute approximate surface area is 110 Å². The lowest BCUT2D eigenvalue weighted by Crippen LogP contribution is -2.39. The Bertz CT molecular complexity index is 437. The molecule has 1 heterocycles. The van der Waals surface area contributed by atoms with Gasteiger partial charge in [-0.3, -0.25) is 0 Å². The number of alkyl halides is 3. The number of nitrogens with zero attached hydrogens (tertiary/aromatic N) is 1. The van der Waals surface area contributed by atoms with E-state index in [1.807, 2.05) is 30.0 Å². The van der Waals surface area contributed by atoms with Crippen LogP contribution in [0.5, 0.6) is 0 Å². The van der Waals surface area contributed by atoms with Gasteiger partial charge in [0.05, 0.1) is 12.5 Å². The molecule has 5 heteroatoms. The van der Waals surface area contributed by atoms with E-state index < -0.39 is 12.1 Å². The lowest BCUT2D eigenvalue weighted by atomic mass is 9.95. The summed E-state index contributed by atoms with van der Waals surface area (Å²) in [5.41, 5.74) is 2.68. The van der Waals surface area contributed by atoms with Crippen LogP contribution in [0.2, 0.25) is 0 Å². The van der Waals surface area contributed by atoms with Gasteiger partial charge in [-0.25, -0.2) is 0 Å². The highest BCUT2D eigenvalue weighted by Crippen LogP contribution is 2.36. The Hall–Kier alpha value is -1.23. The second-order valence-corrected chi connectivity index (χ2v) is 5.09. The van der Waals surface area contributed by atoms with E-state index in [1.54, 1.807) is 0 Å². The van der Waals surface area contributed by atoms with Gasteiger partial charge in [-0.1, -0.05) is 17.7 Å². The number of hydrogen-bond acceptors (Lipinski definition) is 2. The van der Waals surface area contributed by atoms with Gasteiger partial charge >= 0.3 is 6.18 Å². The van der Waals surface area contributed by atoms with Gasteiger partial charge in [0, 0.05) is 24.3 Å². The molecule has 0 aliphatic carbocycles. The number of aliphatic hydroxyl groups excluding tert-OH is 1. The molecule has 0 atom stereocenters. The summed E-state index contributed by atoms with van der Waals surface area (Å²) in [5.74, 6) is -1.19. The van der Waals surface area contributed by atoms with E-state index in [9.17, 15) is 18.3 Å². The highest BCUT2D eigenvalue weighted by atomic mass is 19.4. The minimum Gasteiger partial charge on any atom is -0.392 e. The average molecular weight is 273 g/mol. The Kier molecular flexibility index (Phi) is 4.04. The van der Waals surface area contributed by atoms with Crippen molar-refractivity contribution in [3.63, 3.8) is 0 Å². The summed E-state index contributed by atoms with van der Waals surface area (Å²) in [6.45, 7) is 2.62. The quantitative estimate of drug-likeness (QED) is 0.894. The van der Waals surface area contributed by atoms with Crippen LogP contribution in [-0.2, 0) is 6.61 Å². The first-order valence-electron chi connectivity index (χ1n) is 6.44. The van der Waals surface area contributed by atoms with Crippen molar-refractivity contribution in [3.8, 4) is 0 Å². The van der Waals surface area contributed by atoms with E-state index in [-0.39, 0.29) is 19.4 Å². The zero-order chi connectivity index (χ0) is 14.0. The van der Waals surface area contributed by atoms with Crippen LogP contribution in [0.15, 0.2) is 18.2 Å². The second kappa shape index (κ2) is 5.41. The molecular formula is C14H18F3NO. The molecule has 0 amide bonds. The molecule has 0 aromatic heterocycles. The Morgan fingerprint density at radius 3 is 2.42 bits per heavy atom. The van der Waals surface area contributed by atoms with E-state index in [0.29, 0.717) is 13.1 Å². The number of aliphatic hydroxyl groups is 1. The molecule has 1 aromatic rings. The van der Waals surface area contributed by atoms with E-state index in [0.717, 1.165) is 16.8 Å². The lowest BCUT2D eigenvalue weighted by Gasteiger charge is -2.35. The molecule has 1 fully saturated rings. The summed E-state index contributed by atoms with van der Waals surface area (Å²) in [5, 5.41) is 9.35. The van der Waals surface area contributed by atoms with Crippen molar-refractivity contribution in [2.45, 2.75) is 32.5 Å². The van der Waals surface area contributed by atoms with Crippen molar-refractivity contribution in [3.05, 3.63) is 29.3 Å². The normalized spacial score (nSPS) is 17.8. The number of anilines is 1. The highest BCUT2D eigenvalue weighted by Gasteiger charge is 2.41. The fourth-order valence-corrected chi connectivity index (χ4v) is 2.60. The number of hydrogen-bond donors (Lipinski definition) is 1. The van der Waals surface area contributed by atoms with Gasteiger partial charge in [-0.05, 0) is 25.8 Å². The molecule has 19 heavy (non-hydrogen) atoms. The van der Waals surface area contributed by atoms with Crippen LogP contribution in [0.1, 0.15) is 24.0 Å². The molecule has 0 spiro atoms. The molecule has 1 aliphatic heterocycles. The molecule has 106 valence electrons. The van der Waals surface area contributed by atoms with Crippen molar-refractivity contribution in [2.75, 3.05) is 18.0 Å². The number of rotatable bonds is 2. The number of piperidine rings is 1. The molecule has 1 aliphatic rings. The van der Waals surface area contributed by atoms with Crippen molar-refractivity contribution < 1.29 is 18.3 Å². The predicted octanol–water partition coefficient (Wildman–Crippen LogP) is 3.27. The van der Waals surface area contributed by atoms with Crippen LogP contribution in [0.25, 0.3) is 0 Å². The van der Waals surface area contributed by atoms with Crippen LogP contribution < -0.4 is 4.90 Å². The minimum absolute atomic E-state index is 0.0871. The zero-order valence-corrected chi connectivity index (χ0v) is 10.9. The molecule has 0 unspecified atom stereocenters. The molecule has 0 bridgehead atoms. The van der Waals surface area contributed by atoms with Crippen molar-refractivity contribution >= 4 is 5.69 Å². The van der Waals surface area contributed by atoms with Crippen LogP contribution in [-0.4, -0.2) is 24.4 Å². The fraction of sp³-hybridized carbons (Fsp3) is 0.571. The first-order valence-corrected chi connectivity index (χ1v) is 6.44. The summed E-state index contributed by atoms with van der Waals surface area (Å²) in [6.07, 6.45) is -3.83. The minimum atomic E-state index is -4.08. The third-order valence-corrected chi connectivity index (χ3v) is 3.70. The van der Waals surface area contributed by atoms with Crippen LogP contribution >= 0.6 is 0 Å². The third kappa shape index (κ3) is 3.21. The Balaban J connectivity index is 2.10. The van der Waals surface area contributed by atoms with Crippen LogP contribution in [0, 0.1) is 12.8 Å². The van der Waals surface area contributed by atoms with E-state index in [2.05, 4.69) is 0 Å². The van der Waals surface area contributed by atoms with E-state index in [4.69, 9.17) is 0 Å². The van der Waals surface area contributed by atoms with Crippen molar-refractivity contribution in [1.82, 2.24) is 0 Å². The Morgan fingerprint density at radius 1 is 1.26 bits per heavy atom. The van der Waals surface area contributed by atoms with E-state index in [1.165, 1.54) is 0 Å². The number of halogens is 3. The molecule has 0 saturated carbocycles. The molecule has 1 N–H and O–H groups in total. The topological polar surface area (TPSA) is 23.5 Å². The first kappa shape index (κ1) is 14.2. The summed E-state index contributed by atoms with van der Waals surface area (Å²) in [6, 6.07) is 5.68. The van der Waals surface area contributed by atoms with Crippen molar-refractivity contribution in [1.29, 1.82) is 0 Å². The third-order valence-electron chi connectivity index (χ3n) is 3.70. The molecule has 0 radical (unpaired) electrons. The van der Waals surface area contributed by atoms with Gasteiger partial charge in [0.15, 0.2) is 0 Å². The maximum atomic E-state index is 12.6. The highest BCUT2D eigenvalue weighted by molar-refractivity contribution is 5.55. The maximum Gasteiger partial charge on any atom is 0.391 e. The van der Waals surface area contributed by atoms with Gasteiger partial charge in [0.25, 0.3) is 0 Å². The second-order valence-electron chi connectivity index (χ2n) is 5.09. The predicted molar refractivity (Wildman–Crippen MR) is 68.1 cm³/mol. The Morgan fingerprint density at radius 2 is 1.89 bits per heavy atom. The summed E-state index contributed by atoms with van der Waals surface area (Å²) >= 11 is 0. The SMILES string of the molecule is Cc1ccc(N2CCC(C(F)(F)F)CC2)c(CO)c1.